The lowest BCUT2D eigenvalue weighted by molar-refractivity contribution is 0.172. The van der Waals surface area contributed by atoms with Crippen LogP contribution in [0.15, 0.2) is 18.2 Å². The maximum absolute atomic E-state index is 5.63. The molecule has 0 bridgehead atoms. The Balaban J connectivity index is 2.57. The summed E-state index contributed by atoms with van der Waals surface area (Å²) in [4.78, 5) is 0. The van der Waals surface area contributed by atoms with Crippen molar-refractivity contribution in [2.45, 2.75) is 19.8 Å². The molecule has 0 unspecified atom stereocenters. The van der Waals surface area contributed by atoms with Gasteiger partial charge in [0.15, 0.2) is 0 Å². The van der Waals surface area contributed by atoms with E-state index >= 15 is 0 Å². The van der Waals surface area contributed by atoms with Crippen LogP contribution in [0.5, 0.6) is 11.5 Å². The summed E-state index contributed by atoms with van der Waals surface area (Å²) in [6.07, 6.45) is 1.88. The molecule has 3 nitrogen and oxygen atoms in total. The van der Waals surface area contributed by atoms with Crippen molar-refractivity contribution in [2.75, 3.05) is 27.4 Å². The smallest absolute Gasteiger partial charge is 0.123 e. The molecule has 0 saturated heterocycles. The molecular weight excluding hydrogens is 204 g/mol. The number of ether oxygens (including phenoxy) is 3. The van der Waals surface area contributed by atoms with Crippen molar-refractivity contribution in [1.29, 1.82) is 0 Å². The van der Waals surface area contributed by atoms with Crippen LogP contribution < -0.4 is 9.47 Å². The molecule has 0 radical (unpaired) electrons. The molecule has 0 spiro atoms. The molecule has 0 atom stereocenters. The van der Waals surface area contributed by atoms with Crippen LogP contribution in [0.3, 0.4) is 0 Å². The Hall–Kier alpha value is -1.22. The van der Waals surface area contributed by atoms with E-state index in [9.17, 15) is 0 Å². The Kier molecular flexibility index (Phi) is 5.72. The van der Waals surface area contributed by atoms with E-state index in [4.69, 9.17) is 14.2 Å². The SMILES string of the molecule is CCc1cc(OC)cc(OCCCOC)c1. The third-order valence-electron chi connectivity index (χ3n) is 2.35. The molecule has 1 aromatic rings. The highest BCUT2D eigenvalue weighted by atomic mass is 16.5. The zero-order chi connectivity index (χ0) is 11.8. The molecule has 16 heavy (non-hydrogen) atoms. The van der Waals surface area contributed by atoms with Crippen LogP contribution in [0, 0.1) is 0 Å². The largest absolute Gasteiger partial charge is 0.497 e. The fourth-order valence-corrected chi connectivity index (χ4v) is 1.43. The topological polar surface area (TPSA) is 27.7 Å². The average Bonchev–Trinajstić information content (AvgIpc) is 2.34. The maximum atomic E-state index is 5.63. The third-order valence-corrected chi connectivity index (χ3v) is 2.35. The summed E-state index contributed by atoms with van der Waals surface area (Å²) in [5.74, 6) is 1.72. The highest BCUT2D eigenvalue weighted by molar-refractivity contribution is 5.38. The maximum Gasteiger partial charge on any atom is 0.123 e. The van der Waals surface area contributed by atoms with Crippen molar-refractivity contribution < 1.29 is 14.2 Å². The Bertz CT molecular complexity index is 288. The van der Waals surface area contributed by atoms with Crippen LogP contribution in [0.1, 0.15) is 18.9 Å². The van der Waals surface area contributed by atoms with Gasteiger partial charge in [-0.15, -0.1) is 0 Å². The molecule has 3 heteroatoms. The normalized spacial score (nSPS) is 10.2. The lowest BCUT2D eigenvalue weighted by atomic mass is 10.1. The molecule has 1 aromatic carbocycles. The minimum Gasteiger partial charge on any atom is -0.497 e. The summed E-state index contributed by atoms with van der Waals surface area (Å²) >= 11 is 0. The fourth-order valence-electron chi connectivity index (χ4n) is 1.43. The van der Waals surface area contributed by atoms with Gasteiger partial charge < -0.3 is 14.2 Å². The fraction of sp³-hybridized carbons (Fsp3) is 0.538. The number of aryl methyl sites for hydroxylation is 1. The number of rotatable bonds is 7. The highest BCUT2D eigenvalue weighted by Gasteiger charge is 2.01. The lowest BCUT2D eigenvalue weighted by Gasteiger charge is -2.09. The Morgan fingerprint density at radius 3 is 2.38 bits per heavy atom. The monoisotopic (exact) mass is 224 g/mol. The predicted molar refractivity (Wildman–Crippen MR) is 64.4 cm³/mol. The van der Waals surface area contributed by atoms with Crippen molar-refractivity contribution in [3.63, 3.8) is 0 Å². The minimum absolute atomic E-state index is 0.671. The first-order chi connectivity index (χ1) is 7.80. The van der Waals surface area contributed by atoms with E-state index in [-0.39, 0.29) is 0 Å². The molecule has 0 amide bonds. The molecule has 0 saturated carbocycles. The van der Waals surface area contributed by atoms with E-state index in [1.54, 1.807) is 14.2 Å². The van der Waals surface area contributed by atoms with Crippen LogP contribution in [0.25, 0.3) is 0 Å². The summed E-state index contributed by atoms with van der Waals surface area (Å²) in [6.45, 7) is 3.51. The van der Waals surface area contributed by atoms with Gasteiger partial charge in [0.25, 0.3) is 0 Å². The summed E-state index contributed by atoms with van der Waals surface area (Å²) in [5.41, 5.74) is 1.22. The molecular formula is C13H20O3. The first-order valence-electron chi connectivity index (χ1n) is 5.59. The van der Waals surface area contributed by atoms with Gasteiger partial charge in [0, 0.05) is 26.2 Å². The summed E-state index contributed by atoms with van der Waals surface area (Å²) in [7, 11) is 3.37. The van der Waals surface area contributed by atoms with Crippen molar-refractivity contribution in [1.82, 2.24) is 0 Å². The summed E-state index contributed by atoms with van der Waals surface area (Å²) in [5, 5.41) is 0. The first-order valence-corrected chi connectivity index (χ1v) is 5.59. The van der Waals surface area contributed by atoms with E-state index in [0.717, 1.165) is 30.9 Å². The van der Waals surface area contributed by atoms with Gasteiger partial charge in [-0.3, -0.25) is 0 Å². The number of methoxy groups -OCH3 is 2. The van der Waals surface area contributed by atoms with Gasteiger partial charge >= 0.3 is 0 Å². The number of hydrogen-bond donors (Lipinski definition) is 0. The summed E-state index contributed by atoms with van der Waals surface area (Å²) < 4.78 is 15.8. The molecule has 0 fully saturated rings. The van der Waals surface area contributed by atoms with Gasteiger partial charge in [0.2, 0.25) is 0 Å². The Morgan fingerprint density at radius 2 is 1.75 bits per heavy atom. The van der Waals surface area contributed by atoms with Gasteiger partial charge in [0.1, 0.15) is 11.5 Å². The molecule has 1 rings (SSSR count). The lowest BCUT2D eigenvalue weighted by Crippen LogP contribution is -2.02. The molecule has 0 aromatic heterocycles. The molecule has 0 aliphatic carbocycles. The molecule has 0 aliphatic heterocycles. The third kappa shape index (κ3) is 4.11. The molecule has 0 N–H and O–H groups in total. The van der Waals surface area contributed by atoms with Crippen molar-refractivity contribution >= 4 is 0 Å². The van der Waals surface area contributed by atoms with Crippen LogP contribution in [-0.4, -0.2) is 27.4 Å². The van der Waals surface area contributed by atoms with E-state index < -0.39 is 0 Å². The van der Waals surface area contributed by atoms with E-state index in [2.05, 4.69) is 13.0 Å². The zero-order valence-electron chi connectivity index (χ0n) is 10.3. The number of benzene rings is 1. The molecule has 90 valence electrons. The van der Waals surface area contributed by atoms with Crippen molar-refractivity contribution in [3.05, 3.63) is 23.8 Å². The van der Waals surface area contributed by atoms with E-state index in [0.29, 0.717) is 6.61 Å². The Labute approximate surface area is 97.3 Å². The quantitative estimate of drug-likeness (QED) is 0.666. The molecule has 0 heterocycles. The van der Waals surface area contributed by atoms with Crippen molar-refractivity contribution in [2.24, 2.45) is 0 Å². The van der Waals surface area contributed by atoms with E-state index in [1.807, 2.05) is 12.1 Å². The van der Waals surface area contributed by atoms with Gasteiger partial charge in [-0.1, -0.05) is 6.92 Å². The van der Waals surface area contributed by atoms with Crippen molar-refractivity contribution in [3.8, 4) is 11.5 Å². The van der Waals surface area contributed by atoms with Crippen LogP contribution in [-0.2, 0) is 11.2 Å². The highest BCUT2D eigenvalue weighted by Crippen LogP contribution is 2.23. The van der Waals surface area contributed by atoms with Crippen LogP contribution in [0.2, 0.25) is 0 Å². The standard InChI is InChI=1S/C13H20O3/c1-4-11-8-12(15-3)10-13(9-11)16-7-5-6-14-2/h8-10H,4-7H2,1-3H3. The van der Waals surface area contributed by atoms with Crippen LogP contribution in [0.4, 0.5) is 0 Å². The van der Waals surface area contributed by atoms with Gasteiger partial charge in [-0.05, 0) is 24.1 Å². The van der Waals surface area contributed by atoms with Gasteiger partial charge in [-0.2, -0.15) is 0 Å². The van der Waals surface area contributed by atoms with E-state index in [1.165, 1.54) is 5.56 Å². The summed E-state index contributed by atoms with van der Waals surface area (Å²) in [6, 6.07) is 5.99. The zero-order valence-corrected chi connectivity index (χ0v) is 10.3. The van der Waals surface area contributed by atoms with Gasteiger partial charge in [-0.25, -0.2) is 0 Å². The Morgan fingerprint density at radius 1 is 1.00 bits per heavy atom. The van der Waals surface area contributed by atoms with Crippen LogP contribution >= 0.6 is 0 Å². The van der Waals surface area contributed by atoms with Gasteiger partial charge in [0.05, 0.1) is 13.7 Å². The molecule has 0 aliphatic rings. The minimum atomic E-state index is 0.671. The second-order valence-corrected chi connectivity index (χ2v) is 3.57. The predicted octanol–water partition coefficient (Wildman–Crippen LogP) is 2.67. The average molecular weight is 224 g/mol. The second-order valence-electron chi connectivity index (χ2n) is 3.57. The number of hydrogen-bond acceptors (Lipinski definition) is 3. The second kappa shape index (κ2) is 7.12. The first kappa shape index (κ1) is 12.8.